The van der Waals surface area contributed by atoms with Gasteiger partial charge in [-0.3, -0.25) is 4.79 Å². The highest BCUT2D eigenvalue weighted by Gasteiger charge is 2.17. The Hall–Kier alpha value is -2.61. The number of rotatable bonds is 5. The van der Waals surface area contributed by atoms with Gasteiger partial charge in [-0.05, 0) is 30.5 Å². The second-order valence-electron chi connectivity index (χ2n) is 5.07. The molecule has 0 spiro atoms. The average Bonchev–Trinajstić information content (AvgIpc) is 3.22. The zero-order valence-corrected chi connectivity index (χ0v) is 13.5. The zero-order valence-electron chi connectivity index (χ0n) is 12.7. The van der Waals surface area contributed by atoms with Crippen LogP contribution in [0.1, 0.15) is 11.5 Å². The van der Waals surface area contributed by atoms with E-state index in [4.69, 9.17) is 8.83 Å². The highest BCUT2D eigenvalue weighted by atomic mass is 32.1. The average molecular weight is 333 g/mol. The quantitative estimate of drug-likeness (QED) is 0.714. The number of hydrogen-bond acceptors (Lipinski definition) is 6. The van der Waals surface area contributed by atoms with Crippen LogP contribution in [0.15, 0.2) is 43.3 Å². The summed E-state index contributed by atoms with van der Waals surface area (Å²) < 4.78 is 11.5. The summed E-state index contributed by atoms with van der Waals surface area (Å²) in [6.07, 6.45) is 0. The summed E-state index contributed by atoms with van der Waals surface area (Å²) >= 11 is 1.41. The molecule has 0 saturated carbocycles. The first kappa shape index (κ1) is 15.3. The number of carbonyl (C=O) groups is 1. The fraction of sp³-hybridized carbons (Fsp3) is 0.267. The molecule has 0 N–H and O–H groups in total. The van der Waals surface area contributed by atoms with Crippen molar-refractivity contribution in [3.05, 3.63) is 51.7 Å². The third kappa shape index (κ3) is 3.42. The van der Waals surface area contributed by atoms with E-state index in [1.54, 1.807) is 13.1 Å². The highest BCUT2D eigenvalue weighted by Crippen LogP contribution is 2.21. The first-order valence-corrected chi connectivity index (χ1v) is 7.82. The van der Waals surface area contributed by atoms with Crippen LogP contribution in [0.2, 0.25) is 0 Å². The van der Waals surface area contributed by atoms with Gasteiger partial charge < -0.3 is 13.7 Å². The Kier molecular flexibility index (Phi) is 4.16. The minimum Gasteiger partial charge on any atom is -0.464 e. The van der Waals surface area contributed by atoms with Gasteiger partial charge in [0.25, 0.3) is 5.89 Å². The zero-order chi connectivity index (χ0) is 16.4. The molecule has 8 heteroatoms. The Morgan fingerprint density at radius 2 is 2.17 bits per heavy atom. The van der Waals surface area contributed by atoms with Gasteiger partial charge in [-0.25, -0.2) is 4.79 Å². The molecule has 0 aliphatic heterocycles. The van der Waals surface area contributed by atoms with Crippen molar-refractivity contribution in [2.45, 2.75) is 20.0 Å². The molecule has 0 saturated heterocycles. The van der Waals surface area contributed by atoms with Gasteiger partial charge >= 0.3 is 5.76 Å². The largest absolute Gasteiger partial charge is 0.464 e. The van der Waals surface area contributed by atoms with E-state index in [1.807, 2.05) is 30.5 Å². The molecule has 3 heterocycles. The van der Waals surface area contributed by atoms with E-state index in [-0.39, 0.29) is 18.3 Å². The summed E-state index contributed by atoms with van der Waals surface area (Å²) in [5.41, 5.74) is 0. The number of hydrogen-bond donors (Lipinski definition) is 0. The number of nitrogens with zero attached hydrogens (tertiary/aromatic N) is 3. The first-order chi connectivity index (χ1) is 11.0. The molecule has 0 radical (unpaired) electrons. The molecule has 0 aromatic carbocycles. The molecule has 1 amide bonds. The van der Waals surface area contributed by atoms with E-state index in [9.17, 15) is 9.59 Å². The topological polar surface area (TPSA) is 81.5 Å². The third-order valence-corrected chi connectivity index (χ3v) is 4.10. The molecule has 0 unspecified atom stereocenters. The van der Waals surface area contributed by atoms with Crippen LogP contribution in [-0.4, -0.2) is 27.6 Å². The summed E-state index contributed by atoms with van der Waals surface area (Å²) in [6, 6.07) is 7.29. The van der Waals surface area contributed by atoms with Crippen LogP contribution < -0.4 is 5.76 Å². The minimum absolute atomic E-state index is 0.177. The summed E-state index contributed by atoms with van der Waals surface area (Å²) in [5.74, 6) is 0.789. The summed E-state index contributed by atoms with van der Waals surface area (Å²) in [6.45, 7) is 1.99. The first-order valence-electron chi connectivity index (χ1n) is 6.94. The normalized spacial score (nSPS) is 10.9. The van der Waals surface area contributed by atoms with Gasteiger partial charge in [-0.2, -0.15) is 4.68 Å². The maximum absolute atomic E-state index is 12.2. The molecule has 0 fully saturated rings. The maximum Gasteiger partial charge on any atom is 0.437 e. The van der Waals surface area contributed by atoms with Crippen molar-refractivity contribution in [2.24, 2.45) is 0 Å². The number of carbonyl (C=O) groups excluding carboxylic acids is 1. The molecule has 23 heavy (non-hydrogen) atoms. The lowest BCUT2D eigenvalue weighted by atomic mass is 10.4. The lowest BCUT2D eigenvalue weighted by Crippen LogP contribution is -2.32. The number of aromatic nitrogens is 2. The van der Waals surface area contributed by atoms with Crippen LogP contribution in [-0.2, 0) is 17.9 Å². The molecule has 3 rings (SSSR count). The van der Waals surface area contributed by atoms with E-state index in [0.29, 0.717) is 12.3 Å². The predicted octanol–water partition coefficient (Wildman–Crippen LogP) is 2.12. The fourth-order valence-electron chi connectivity index (χ4n) is 2.05. The summed E-state index contributed by atoms with van der Waals surface area (Å²) in [7, 11) is 1.64. The number of furan rings is 1. The number of amides is 1. The SMILES string of the molecule is Cc1ccc(CN(C)C(=O)Cn2nc(-c3cccs3)oc2=O)o1. The van der Waals surface area contributed by atoms with Crippen LogP contribution >= 0.6 is 11.3 Å². The Morgan fingerprint density at radius 3 is 2.83 bits per heavy atom. The van der Waals surface area contributed by atoms with Crippen LogP contribution in [0.5, 0.6) is 0 Å². The standard InChI is InChI=1S/C15H15N3O4S/c1-10-5-6-11(21-10)8-17(2)13(19)9-18-15(20)22-14(16-18)12-4-3-7-23-12/h3-7H,8-9H2,1-2H3. The second kappa shape index (κ2) is 6.25. The minimum atomic E-state index is -0.649. The number of thiophene rings is 1. The van der Waals surface area contributed by atoms with Gasteiger partial charge in [0.05, 0.1) is 11.4 Å². The van der Waals surface area contributed by atoms with Crippen LogP contribution in [0.25, 0.3) is 10.8 Å². The Morgan fingerprint density at radius 1 is 1.35 bits per heavy atom. The van der Waals surface area contributed by atoms with Crippen LogP contribution in [0.3, 0.4) is 0 Å². The molecule has 3 aromatic heterocycles. The molecule has 0 bridgehead atoms. The van der Waals surface area contributed by atoms with Crippen LogP contribution in [0.4, 0.5) is 0 Å². The van der Waals surface area contributed by atoms with Gasteiger partial charge in [0.15, 0.2) is 0 Å². The Bertz CT molecular complexity index is 860. The molecule has 0 aliphatic rings. The molecule has 3 aromatic rings. The van der Waals surface area contributed by atoms with Gasteiger partial charge in [0, 0.05) is 7.05 Å². The Labute approximate surface area is 135 Å². The molecule has 0 aliphatic carbocycles. The van der Waals surface area contributed by atoms with Crippen molar-refractivity contribution in [2.75, 3.05) is 7.05 Å². The van der Waals surface area contributed by atoms with E-state index in [2.05, 4.69) is 5.10 Å². The molecule has 7 nitrogen and oxygen atoms in total. The van der Waals surface area contributed by atoms with Crippen molar-refractivity contribution in [3.63, 3.8) is 0 Å². The van der Waals surface area contributed by atoms with Crippen molar-refractivity contribution in [1.29, 1.82) is 0 Å². The van der Waals surface area contributed by atoms with Gasteiger partial charge in [-0.15, -0.1) is 16.4 Å². The number of aryl methyl sites for hydroxylation is 1. The lowest BCUT2D eigenvalue weighted by molar-refractivity contribution is -0.131. The third-order valence-electron chi connectivity index (χ3n) is 3.24. The van der Waals surface area contributed by atoms with Crippen molar-refractivity contribution < 1.29 is 13.6 Å². The molecule has 120 valence electrons. The van der Waals surface area contributed by atoms with E-state index < -0.39 is 5.76 Å². The van der Waals surface area contributed by atoms with E-state index >= 15 is 0 Å². The van der Waals surface area contributed by atoms with Crippen LogP contribution in [0, 0.1) is 6.92 Å². The molecular formula is C15H15N3O4S. The number of likely N-dealkylation sites (N-methyl/N-ethyl adjacent to an activating group) is 1. The summed E-state index contributed by atoms with van der Waals surface area (Å²) in [4.78, 5) is 26.2. The molecular weight excluding hydrogens is 318 g/mol. The summed E-state index contributed by atoms with van der Waals surface area (Å²) in [5, 5.41) is 5.92. The predicted molar refractivity (Wildman–Crippen MR) is 84.0 cm³/mol. The monoisotopic (exact) mass is 333 g/mol. The second-order valence-corrected chi connectivity index (χ2v) is 6.02. The van der Waals surface area contributed by atoms with Crippen molar-refractivity contribution >= 4 is 17.2 Å². The maximum atomic E-state index is 12.2. The highest BCUT2D eigenvalue weighted by molar-refractivity contribution is 7.13. The molecule has 0 atom stereocenters. The smallest absolute Gasteiger partial charge is 0.437 e. The fourth-order valence-corrected chi connectivity index (χ4v) is 2.69. The van der Waals surface area contributed by atoms with Crippen molar-refractivity contribution in [3.8, 4) is 10.8 Å². The Balaban J connectivity index is 1.69. The van der Waals surface area contributed by atoms with Gasteiger partial charge in [0.2, 0.25) is 5.91 Å². The van der Waals surface area contributed by atoms with E-state index in [1.165, 1.54) is 16.2 Å². The van der Waals surface area contributed by atoms with E-state index in [0.717, 1.165) is 15.3 Å². The lowest BCUT2D eigenvalue weighted by Gasteiger charge is -2.14. The van der Waals surface area contributed by atoms with Crippen molar-refractivity contribution in [1.82, 2.24) is 14.7 Å². The van der Waals surface area contributed by atoms with Gasteiger partial charge in [-0.1, -0.05) is 6.07 Å². The van der Waals surface area contributed by atoms with Gasteiger partial charge in [0.1, 0.15) is 18.1 Å².